The molecule has 2 aromatic carbocycles. The maximum atomic E-state index is 8.33. The molecule has 0 heterocycles. The summed E-state index contributed by atoms with van der Waals surface area (Å²) in [6.07, 6.45) is 0. The van der Waals surface area contributed by atoms with Crippen molar-refractivity contribution in [1.29, 1.82) is 5.41 Å². The van der Waals surface area contributed by atoms with Gasteiger partial charge in [0.2, 0.25) is 0 Å². The predicted molar refractivity (Wildman–Crippen MR) is 78.1 cm³/mol. The van der Waals surface area contributed by atoms with Crippen molar-refractivity contribution in [2.45, 2.75) is 6.92 Å². The molecule has 3 heteroatoms. The molecule has 0 bridgehead atoms. The molecule has 2 aromatic rings. The fourth-order valence-corrected chi connectivity index (χ4v) is 2.12. The van der Waals surface area contributed by atoms with Crippen molar-refractivity contribution >= 4 is 23.0 Å². The van der Waals surface area contributed by atoms with Gasteiger partial charge in [-0.3, -0.25) is 5.41 Å². The summed E-state index contributed by atoms with van der Waals surface area (Å²) in [5, 5.41) is 12.0. The Hall–Kier alpha value is -1.80. The van der Waals surface area contributed by atoms with Gasteiger partial charge in [-0.1, -0.05) is 41.4 Å². The number of hydrogen-bond donors (Lipinski definition) is 2. The van der Waals surface area contributed by atoms with Gasteiger partial charge < -0.3 is 5.32 Å². The molecule has 2 nitrogen and oxygen atoms in total. The molecule has 0 aliphatic rings. The molecule has 0 amide bonds. The fourth-order valence-electron chi connectivity index (χ4n) is 1.89. The van der Waals surface area contributed by atoms with Gasteiger partial charge in [-0.05, 0) is 25.1 Å². The highest BCUT2D eigenvalue weighted by Crippen LogP contribution is 2.24. The van der Waals surface area contributed by atoms with E-state index in [2.05, 4.69) is 5.32 Å². The van der Waals surface area contributed by atoms with Crippen LogP contribution in [0.1, 0.15) is 16.7 Å². The van der Waals surface area contributed by atoms with Crippen LogP contribution >= 0.6 is 11.6 Å². The molecule has 92 valence electrons. The second-order valence-corrected chi connectivity index (χ2v) is 4.56. The van der Waals surface area contributed by atoms with Gasteiger partial charge in [0.25, 0.3) is 0 Å². The minimum absolute atomic E-state index is 0.439. The average molecular weight is 259 g/mol. The lowest BCUT2D eigenvalue weighted by Crippen LogP contribution is -2.06. The Morgan fingerprint density at radius 2 is 1.83 bits per heavy atom. The molecule has 0 aromatic heterocycles. The van der Waals surface area contributed by atoms with E-state index in [1.807, 2.05) is 50.4 Å². The highest BCUT2D eigenvalue weighted by atomic mass is 35.5. The molecule has 2 N–H and O–H groups in total. The lowest BCUT2D eigenvalue weighted by Gasteiger charge is -2.12. The Labute approximate surface area is 112 Å². The van der Waals surface area contributed by atoms with Gasteiger partial charge in [0.1, 0.15) is 0 Å². The van der Waals surface area contributed by atoms with E-state index in [0.717, 1.165) is 22.4 Å². The first kappa shape index (κ1) is 12.7. The maximum Gasteiger partial charge on any atom is 0.0720 e. The molecule has 0 fully saturated rings. The molecular weight excluding hydrogens is 244 g/mol. The van der Waals surface area contributed by atoms with Gasteiger partial charge in [-0.2, -0.15) is 0 Å². The fraction of sp³-hybridized carbons (Fsp3) is 0.133. The van der Waals surface area contributed by atoms with E-state index in [1.165, 1.54) is 0 Å². The van der Waals surface area contributed by atoms with Crippen LogP contribution in [0.15, 0.2) is 42.5 Å². The highest BCUT2D eigenvalue weighted by Gasteiger charge is 2.12. The number of hydrogen-bond acceptors (Lipinski definition) is 2. The second-order valence-electron chi connectivity index (χ2n) is 4.15. The minimum Gasteiger partial charge on any atom is -0.388 e. The summed E-state index contributed by atoms with van der Waals surface area (Å²) >= 11 is 6.14. The number of rotatable bonds is 3. The van der Waals surface area contributed by atoms with E-state index in [0.29, 0.717) is 10.7 Å². The van der Waals surface area contributed by atoms with E-state index in [4.69, 9.17) is 17.0 Å². The van der Waals surface area contributed by atoms with E-state index in [1.54, 1.807) is 6.07 Å². The third-order valence-electron chi connectivity index (χ3n) is 2.86. The summed E-state index contributed by atoms with van der Waals surface area (Å²) < 4.78 is 0. The number of aryl methyl sites for hydroxylation is 1. The van der Waals surface area contributed by atoms with E-state index in [-0.39, 0.29) is 0 Å². The van der Waals surface area contributed by atoms with Crippen molar-refractivity contribution in [2.75, 3.05) is 12.4 Å². The first-order valence-corrected chi connectivity index (χ1v) is 6.13. The van der Waals surface area contributed by atoms with E-state index in [9.17, 15) is 0 Å². The monoisotopic (exact) mass is 258 g/mol. The number of nitrogens with one attached hydrogen (secondary N) is 2. The first-order chi connectivity index (χ1) is 8.63. The number of benzene rings is 2. The standard InChI is InChI=1S/C15H15ClN2/c1-10-7-8-14(18-2)12(9-10)15(17)11-5-3-4-6-13(11)16/h3-9,17-18H,1-2H3. The van der Waals surface area contributed by atoms with Crippen LogP contribution in [0.5, 0.6) is 0 Å². The van der Waals surface area contributed by atoms with Gasteiger partial charge in [-0.25, -0.2) is 0 Å². The largest absolute Gasteiger partial charge is 0.388 e. The van der Waals surface area contributed by atoms with Crippen LogP contribution < -0.4 is 5.32 Å². The normalized spacial score (nSPS) is 10.2. The molecule has 2 rings (SSSR count). The summed E-state index contributed by atoms with van der Waals surface area (Å²) in [6, 6.07) is 13.4. The smallest absolute Gasteiger partial charge is 0.0720 e. The third-order valence-corrected chi connectivity index (χ3v) is 3.19. The van der Waals surface area contributed by atoms with Crippen molar-refractivity contribution in [3.63, 3.8) is 0 Å². The Morgan fingerprint density at radius 1 is 1.11 bits per heavy atom. The molecule has 0 atom stereocenters. The van der Waals surface area contributed by atoms with Crippen molar-refractivity contribution < 1.29 is 0 Å². The number of anilines is 1. The summed E-state index contributed by atoms with van der Waals surface area (Å²) in [7, 11) is 1.86. The zero-order valence-corrected chi connectivity index (χ0v) is 11.2. The van der Waals surface area contributed by atoms with E-state index < -0.39 is 0 Å². The molecule has 0 aliphatic heterocycles. The van der Waals surface area contributed by atoms with E-state index >= 15 is 0 Å². The zero-order valence-electron chi connectivity index (χ0n) is 10.4. The second kappa shape index (κ2) is 5.23. The van der Waals surface area contributed by atoms with Crippen LogP contribution in [0.3, 0.4) is 0 Å². The van der Waals surface area contributed by atoms with Gasteiger partial charge in [0, 0.05) is 28.9 Å². The molecule has 0 spiro atoms. The zero-order chi connectivity index (χ0) is 13.1. The molecular formula is C15H15ClN2. The summed E-state index contributed by atoms with van der Waals surface area (Å²) in [6.45, 7) is 2.02. The van der Waals surface area contributed by atoms with Crippen LogP contribution in [-0.4, -0.2) is 12.8 Å². The summed E-state index contributed by atoms with van der Waals surface area (Å²) in [5.74, 6) is 0. The molecule has 0 saturated carbocycles. The Bertz CT molecular complexity index is 591. The van der Waals surface area contributed by atoms with Crippen LogP contribution in [0.4, 0.5) is 5.69 Å². The topological polar surface area (TPSA) is 35.9 Å². The Morgan fingerprint density at radius 3 is 2.50 bits per heavy atom. The Balaban J connectivity index is 2.52. The molecule has 0 unspecified atom stereocenters. The lowest BCUT2D eigenvalue weighted by molar-refractivity contribution is 1.39. The summed E-state index contributed by atoms with van der Waals surface area (Å²) in [4.78, 5) is 0. The SMILES string of the molecule is CNc1ccc(C)cc1C(=N)c1ccccc1Cl. The van der Waals surface area contributed by atoms with Crippen molar-refractivity contribution in [2.24, 2.45) is 0 Å². The highest BCUT2D eigenvalue weighted by molar-refractivity contribution is 6.35. The predicted octanol–water partition coefficient (Wildman–Crippen LogP) is 4.11. The molecule has 0 saturated heterocycles. The molecule has 18 heavy (non-hydrogen) atoms. The van der Waals surface area contributed by atoms with Crippen molar-refractivity contribution in [3.05, 3.63) is 64.2 Å². The van der Waals surface area contributed by atoms with Crippen LogP contribution in [0.25, 0.3) is 0 Å². The van der Waals surface area contributed by atoms with Gasteiger partial charge in [-0.15, -0.1) is 0 Å². The van der Waals surface area contributed by atoms with Gasteiger partial charge >= 0.3 is 0 Å². The van der Waals surface area contributed by atoms with Crippen LogP contribution in [0.2, 0.25) is 5.02 Å². The van der Waals surface area contributed by atoms with Crippen molar-refractivity contribution in [1.82, 2.24) is 0 Å². The number of halogens is 1. The molecule has 0 radical (unpaired) electrons. The first-order valence-electron chi connectivity index (χ1n) is 5.75. The molecule has 0 aliphatic carbocycles. The van der Waals surface area contributed by atoms with Gasteiger partial charge in [0.15, 0.2) is 0 Å². The Kier molecular flexibility index (Phi) is 3.68. The maximum absolute atomic E-state index is 8.33. The lowest BCUT2D eigenvalue weighted by atomic mass is 9.99. The third kappa shape index (κ3) is 2.39. The van der Waals surface area contributed by atoms with Crippen LogP contribution in [-0.2, 0) is 0 Å². The summed E-state index contributed by atoms with van der Waals surface area (Å²) in [5.41, 5.74) is 4.12. The van der Waals surface area contributed by atoms with Crippen molar-refractivity contribution in [3.8, 4) is 0 Å². The average Bonchev–Trinajstić information content (AvgIpc) is 2.38. The quantitative estimate of drug-likeness (QED) is 0.799. The minimum atomic E-state index is 0.439. The van der Waals surface area contributed by atoms with Crippen LogP contribution in [0, 0.1) is 12.3 Å². The van der Waals surface area contributed by atoms with Gasteiger partial charge in [0.05, 0.1) is 5.71 Å².